The minimum absolute atomic E-state index is 0.382. The third-order valence-electron chi connectivity index (χ3n) is 2.15. The highest BCUT2D eigenvalue weighted by Crippen LogP contribution is 2.13. The summed E-state index contributed by atoms with van der Waals surface area (Å²) in [5.41, 5.74) is 3.05. The van der Waals surface area contributed by atoms with Crippen molar-refractivity contribution in [2.24, 2.45) is 0 Å². The van der Waals surface area contributed by atoms with Gasteiger partial charge in [0.25, 0.3) is 0 Å². The van der Waals surface area contributed by atoms with Crippen LogP contribution in [0.2, 0.25) is 0 Å². The average Bonchev–Trinajstić information content (AvgIpc) is 2.55. The predicted octanol–water partition coefficient (Wildman–Crippen LogP) is 2.98. The van der Waals surface area contributed by atoms with Crippen molar-refractivity contribution in [3.8, 4) is 0 Å². The summed E-state index contributed by atoms with van der Waals surface area (Å²) in [4.78, 5) is 4.29. The molecule has 1 aromatic rings. The smallest absolute Gasteiger partial charge is 0.0795 e. The summed E-state index contributed by atoms with van der Waals surface area (Å²) in [6.07, 6.45) is 2.46. The Balaban J connectivity index is 2.37. The van der Waals surface area contributed by atoms with E-state index in [4.69, 9.17) is 0 Å². The second-order valence-electron chi connectivity index (χ2n) is 3.49. The molecule has 13 heavy (non-hydrogen) atoms. The van der Waals surface area contributed by atoms with Crippen molar-refractivity contribution in [1.82, 2.24) is 10.3 Å². The molecule has 1 aromatic heterocycles. The molecule has 1 heterocycles. The van der Waals surface area contributed by atoms with E-state index in [2.05, 4.69) is 36.5 Å². The van der Waals surface area contributed by atoms with Crippen LogP contribution in [0.5, 0.6) is 0 Å². The van der Waals surface area contributed by atoms with Crippen LogP contribution < -0.4 is 5.32 Å². The first-order valence-electron chi connectivity index (χ1n) is 4.88. The van der Waals surface area contributed by atoms with Crippen LogP contribution in [0.25, 0.3) is 0 Å². The summed E-state index contributed by atoms with van der Waals surface area (Å²) >= 11 is 1.66. The van der Waals surface area contributed by atoms with Crippen molar-refractivity contribution in [2.45, 2.75) is 45.7 Å². The highest BCUT2D eigenvalue weighted by molar-refractivity contribution is 7.07. The van der Waals surface area contributed by atoms with Crippen LogP contribution in [0.1, 0.15) is 45.3 Å². The largest absolute Gasteiger partial charge is 0.306 e. The molecular formula is C10H18N2S. The molecule has 2 unspecified atom stereocenters. The molecule has 0 radical (unpaired) electrons. The number of nitrogens with one attached hydrogen (secondary N) is 1. The van der Waals surface area contributed by atoms with E-state index in [1.807, 2.05) is 5.51 Å². The van der Waals surface area contributed by atoms with Gasteiger partial charge in [-0.05, 0) is 20.3 Å². The molecule has 3 heteroatoms. The van der Waals surface area contributed by atoms with Crippen molar-refractivity contribution in [1.29, 1.82) is 0 Å². The van der Waals surface area contributed by atoms with Crippen molar-refractivity contribution in [3.63, 3.8) is 0 Å². The van der Waals surface area contributed by atoms with Gasteiger partial charge in [-0.15, -0.1) is 11.3 Å². The van der Waals surface area contributed by atoms with Crippen molar-refractivity contribution < 1.29 is 0 Å². The third kappa shape index (κ3) is 3.44. The van der Waals surface area contributed by atoms with Crippen LogP contribution in [-0.4, -0.2) is 11.0 Å². The molecule has 2 atom stereocenters. The summed E-state index contributed by atoms with van der Waals surface area (Å²) in [6.45, 7) is 6.61. The Morgan fingerprint density at radius 3 is 2.85 bits per heavy atom. The topological polar surface area (TPSA) is 24.9 Å². The van der Waals surface area contributed by atoms with Gasteiger partial charge in [0.05, 0.1) is 11.2 Å². The van der Waals surface area contributed by atoms with Gasteiger partial charge in [0.1, 0.15) is 0 Å². The lowest BCUT2D eigenvalue weighted by Gasteiger charge is -2.17. The summed E-state index contributed by atoms with van der Waals surface area (Å²) in [6, 6.07) is 0.967. The predicted molar refractivity (Wildman–Crippen MR) is 58.0 cm³/mol. The van der Waals surface area contributed by atoms with E-state index >= 15 is 0 Å². The first-order chi connectivity index (χ1) is 6.24. The summed E-state index contributed by atoms with van der Waals surface area (Å²) in [5, 5.41) is 5.63. The van der Waals surface area contributed by atoms with Crippen LogP contribution in [0.3, 0.4) is 0 Å². The second-order valence-corrected chi connectivity index (χ2v) is 4.21. The monoisotopic (exact) mass is 198 g/mol. The zero-order valence-electron chi connectivity index (χ0n) is 8.58. The Hall–Kier alpha value is -0.410. The molecule has 0 aromatic carbocycles. The Morgan fingerprint density at radius 2 is 2.31 bits per heavy atom. The number of nitrogens with zero attached hydrogens (tertiary/aromatic N) is 1. The van der Waals surface area contributed by atoms with Crippen LogP contribution >= 0.6 is 11.3 Å². The van der Waals surface area contributed by atoms with Gasteiger partial charge in [-0.2, -0.15) is 0 Å². The maximum Gasteiger partial charge on any atom is 0.0795 e. The fourth-order valence-electron chi connectivity index (χ4n) is 1.46. The molecular weight excluding hydrogens is 180 g/mol. The lowest BCUT2D eigenvalue weighted by molar-refractivity contribution is 0.448. The minimum Gasteiger partial charge on any atom is -0.306 e. The number of aromatic nitrogens is 1. The fourth-order valence-corrected chi connectivity index (χ4v) is 2.11. The number of hydrogen-bond acceptors (Lipinski definition) is 3. The highest BCUT2D eigenvalue weighted by atomic mass is 32.1. The molecule has 0 saturated heterocycles. The first kappa shape index (κ1) is 10.7. The van der Waals surface area contributed by atoms with E-state index in [1.165, 1.54) is 12.8 Å². The highest BCUT2D eigenvalue weighted by Gasteiger charge is 2.09. The first-order valence-corrected chi connectivity index (χ1v) is 5.82. The fraction of sp³-hybridized carbons (Fsp3) is 0.700. The quantitative estimate of drug-likeness (QED) is 0.786. The van der Waals surface area contributed by atoms with E-state index in [9.17, 15) is 0 Å². The minimum atomic E-state index is 0.382. The van der Waals surface area contributed by atoms with Crippen molar-refractivity contribution >= 4 is 11.3 Å². The van der Waals surface area contributed by atoms with E-state index in [1.54, 1.807) is 11.3 Å². The number of hydrogen-bond donors (Lipinski definition) is 1. The number of thiazole rings is 1. The van der Waals surface area contributed by atoms with Gasteiger partial charge in [0.2, 0.25) is 0 Å². The maximum atomic E-state index is 4.29. The van der Waals surface area contributed by atoms with Crippen LogP contribution in [-0.2, 0) is 0 Å². The van der Waals surface area contributed by atoms with E-state index in [0.717, 1.165) is 5.69 Å². The molecule has 1 N–H and O–H groups in total. The Labute approximate surface area is 84.4 Å². The maximum absolute atomic E-state index is 4.29. The Morgan fingerprint density at radius 1 is 1.54 bits per heavy atom. The molecule has 0 saturated carbocycles. The Bertz CT molecular complexity index is 221. The zero-order valence-corrected chi connectivity index (χ0v) is 9.40. The van der Waals surface area contributed by atoms with E-state index in [-0.39, 0.29) is 0 Å². The van der Waals surface area contributed by atoms with Gasteiger partial charge < -0.3 is 5.32 Å². The van der Waals surface area contributed by atoms with Crippen LogP contribution in [0.4, 0.5) is 0 Å². The molecule has 74 valence electrons. The van der Waals surface area contributed by atoms with E-state index in [0.29, 0.717) is 12.1 Å². The van der Waals surface area contributed by atoms with E-state index < -0.39 is 0 Å². The molecule has 0 bridgehead atoms. The third-order valence-corrected chi connectivity index (χ3v) is 2.76. The molecule has 0 aliphatic carbocycles. The molecule has 0 spiro atoms. The van der Waals surface area contributed by atoms with Crippen LogP contribution in [0.15, 0.2) is 10.9 Å². The SMILES string of the molecule is CCCC(C)NC(C)c1cscn1. The van der Waals surface area contributed by atoms with Gasteiger partial charge in [-0.25, -0.2) is 4.98 Å². The molecule has 1 rings (SSSR count). The molecule has 0 amide bonds. The number of rotatable bonds is 5. The van der Waals surface area contributed by atoms with Crippen molar-refractivity contribution in [2.75, 3.05) is 0 Å². The van der Waals surface area contributed by atoms with Gasteiger partial charge in [0.15, 0.2) is 0 Å². The summed E-state index contributed by atoms with van der Waals surface area (Å²) in [7, 11) is 0. The molecule has 0 fully saturated rings. The zero-order chi connectivity index (χ0) is 9.68. The average molecular weight is 198 g/mol. The molecule has 2 nitrogen and oxygen atoms in total. The Kier molecular flexibility index (Phi) is 4.39. The lowest BCUT2D eigenvalue weighted by atomic mass is 10.1. The summed E-state index contributed by atoms with van der Waals surface area (Å²) in [5.74, 6) is 0. The lowest BCUT2D eigenvalue weighted by Crippen LogP contribution is -2.28. The molecule has 0 aliphatic rings. The standard InChI is InChI=1S/C10H18N2S/c1-4-5-8(2)12-9(3)10-6-13-7-11-10/h6-9,12H,4-5H2,1-3H3. The second kappa shape index (κ2) is 5.35. The summed E-state index contributed by atoms with van der Waals surface area (Å²) < 4.78 is 0. The molecule has 0 aliphatic heterocycles. The van der Waals surface area contributed by atoms with Gasteiger partial charge in [0, 0.05) is 17.5 Å². The van der Waals surface area contributed by atoms with Crippen LogP contribution in [0, 0.1) is 0 Å². The van der Waals surface area contributed by atoms with Gasteiger partial charge in [-0.1, -0.05) is 13.3 Å². The van der Waals surface area contributed by atoms with Gasteiger partial charge >= 0.3 is 0 Å². The van der Waals surface area contributed by atoms with Gasteiger partial charge in [-0.3, -0.25) is 0 Å². The normalized spacial score (nSPS) is 15.6. The van der Waals surface area contributed by atoms with Crippen molar-refractivity contribution in [3.05, 3.63) is 16.6 Å².